The molecule has 1 fully saturated rings. The molecule has 1 amide bonds. The molecule has 0 aliphatic carbocycles. The Morgan fingerprint density at radius 3 is 2.84 bits per heavy atom. The van der Waals surface area contributed by atoms with Crippen LogP contribution in [0.5, 0.6) is 0 Å². The van der Waals surface area contributed by atoms with Gasteiger partial charge in [-0.15, -0.1) is 0 Å². The highest BCUT2D eigenvalue weighted by Crippen LogP contribution is 2.34. The van der Waals surface area contributed by atoms with Gasteiger partial charge in [-0.25, -0.2) is 4.98 Å². The van der Waals surface area contributed by atoms with Gasteiger partial charge in [0.1, 0.15) is 18.3 Å². The largest absolute Gasteiger partial charge is 0.387 e. The second-order valence-electron chi connectivity index (χ2n) is 7.18. The summed E-state index contributed by atoms with van der Waals surface area (Å²) in [6, 6.07) is 7.93. The molecule has 32 heavy (non-hydrogen) atoms. The topological polar surface area (TPSA) is 155 Å². The van der Waals surface area contributed by atoms with Gasteiger partial charge in [0.15, 0.2) is 29.3 Å². The predicted octanol–water partition coefficient (Wildman–Crippen LogP) is 0.422. The van der Waals surface area contributed by atoms with Crippen LogP contribution in [0, 0.1) is 3.57 Å². The smallest absolute Gasteiger partial charge is 0.251 e. The number of fused-ring (bicyclic) bond motifs is 1. The number of imidazole rings is 1. The SMILES string of the molecule is CNC(=O)C(O)[C@H]1O[C@@H](n2cnc3c(NCc4cccc(I)c4)nc(Cl)nc32)[C@H](O)[C@@H]1O. The summed E-state index contributed by atoms with van der Waals surface area (Å²) in [7, 11) is 1.34. The Hall–Kier alpha value is -2.10. The maximum atomic E-state index is 11.8. The number of hydrogen-bond donors (Lipinski definition) is 5. The summed E-state index contributed by atoms with van der Waals surface area (Å²) in [6.07, 6.45) is -5.78. The van der Waals surface area contributed by atoms with Crippen molar-refractivity contribution in [3.05, 3.63) is 45.0 Å². The summed E-state index contributed by atoms with van der Waals surface area (Å²) < 4.78 is 8.11. The van der Waals surface area contributed by atoms with Crippen molar-refractivity contribution in [3.8, 4) is 0 Å². The normalized spacial score (nSPS) is 23.9. The fourth-order valence-corrected chi connectivity index (χ4v) is 4.28. The zero-order chi connectivity index (χ0) is 23.0. The van der Waals surface area contributed by atoms with Crippen molar-refractivity contribution >= 4 is 57.1 Å². The second kappa shape index (κ2) is 9.41. The number of aliphatic hydroxyl groups excluding tert-OH is 3. The van der Waals surface area contributed by atoms with Crippen LogP contribution in [0.2, 0.25) is 5.28 Å². The summed E-state index contributed by atoms with van der Waals surface area (Å²) in [5.41, 5.74) is 1.66. The number of rotatable bonds is 6. The summed E-state index contributed by atoms with van der Waals surface area (Å²) in [5.74, 6) is -0.364. The molecule has 5 N–H and O–H groups in total. The quantitative estimate of drug-likeness (QED) is 0.208. The van der Waals surface area contributed by atoms with Gasteiger partial charge in [-0.05, 0) is 51.9 Å². The maximum Gasteiger partial charge on any atom is 0.251 e. The number of hydrogen-bond acceptors (Lipinski definition) is 9. The Morgan fingerprint density at radius 2 is 2.12 bits per heavy atom. The van der Waals surface area contributed by atoms with E-state index in [4.69, 9.17) is 16.3 Å². The minimum atomic E-state index is -1.67. The molecule has 3 heterocycles. The lowest BCUT2D eigenvalue weighted by molar-refractivity contribution is -0.142. The Labute approximate surface area is 200 Å². The highest BCUT2D eigenvalue weighted by Gasteiger charge is 2.49. The van der Waals surface area contributed by atoms with E-state index in [2.05, 4.69) is 48.2 Å². The van der Waals surface area contributed by atoms with E-state index in [1.54, 1.807) is 0 Å². The molecule has 170 valence electrons. The van der Waals surface area contributed by atoms with Crippen LogP contribution >= 0.6 is 34.2 Å². The average Bonchev–Trinajstić information content (AvgIpc) is 3.32. The molecule has 1 saturated heterocycles. The fourth-order valence-electron chi connectivity index (χ4n) is 3.51. The molecule has 0 bridgehead atoms. The van der Waals surface area contributed by atoms with E-state index in [0.29, 0.717) is 17.9 Å². The first-order chi connectivity index (χ1) is 15.3. The molecule has 3 aromatic rings. The molecule has 11 nitrogen and oxygen atoms in total. The average molecular weight is 575 g/mol. The Morgan fingerprint density at radius 1 is 1.34 bits per heavy atom. The van der Waals surface area contributed by atoms with Crippen LogP contribution in [0.3, 0.4) is 0 Å². The molecule has 1 aliphatic rings. The molecule has 4 rings (SSSR count). The molecule has 13 heteroatoms. The van der Waals surface area contributed by atoms with Gasteiger partial charge in [-0.3, -0.25) is 9.36 Å². The van der Waals surface area contributed by atoms with Crippen LogP contribution in [0.4, 0.5) is 5.82 Å². The van der Waals surface area contributed by atoms with Crippen LogP contribution in [0.1, 0.15) is 11.8 Å². The molecule has 1 aliphatic heterocycles. The van der Waals surface area contributed by atoms with Gasteiger partial charge in [0.2, 0.25) is 5.28 Å². The lowest BCUT2D eigenvalue weighted by Crippen LogP contribution is -2.46. The highest BCUT2D eigenvalue weighted by molar-refractivity contribution is 14.1. The van der Waals surface area contributed by atoms with E-state index in [0.717, 1.165) is 9.13 Å². The summed E-state index contributed by atoms with van der Waals surface area (Å²) >= 11 is 8.35. The highest BCUT2D eigenvalue weighted by atomic mass is 127. The minimum absolute atomic E-state index is 0.0561. The van der Waals surface area contributed by atoms with Gasteiger partial charge in [0.25, 0.3) is 5.91 Å². The number of amides is 1. The summed E-state index contributed by atoms with van der Waals surface area (Å²) in [6.45, 7) is 0.466. The number of benzene rings is 1. The lowest BCUT2D eigenvalue weighted by atomic mass is 10.1. The minimum Gasteiger partial charge on any atom is -0.387 e. The van der Waals surface area contributed by atoms with Crippen molar-refractivity contribution in [1.29, 1.82) is 0 Å². The Balaban J connectivity index is 1.62. The van der Waals surface area contributed by atoms with Crippen molar-refractivity contribution in [3.63, 3.8) is 0 Å². The molecular formula is C19H20ClIN6O5. The third kappa shape index (κ3) is 4.38. The number of carbonyl (C=O) groups is 1. The molecule has 1 unspecified atom stereocenters. The van der Waals surface area contributed by atoms with Gasteiger partial charge in [0.05, 0.1) is 6.33 Å². The monoisotopic (exact) mass is 574 g/mol. The number of ether oxygens (including phenoxy) is 1. The van der Waals surface area contributed by atoms with Gasteiger partial charge >= 0.3 is 0 Å². The third-order valence-electron chi connectivity index (χ3n) is 5.12. The zero-order valence-electron chi connectivity index (χ0n) is 16.7. The van der Waals surface area contributed by atoms with E-state index in [-0.39, 0.29) is 10.9 Å². The maximum absolute atomic E-state index is 11.8. The predicted molar refractivity (Wildman–Crippen MR) is 123 cm³/mol. The van der Waals surface area contributed by atoms with E-state index >= 15 is 0 Å². The van der Waals surface area contributed by atoms with E-state index in [1.807, 2.05) is 24.3 Å². The first-order valence-electron chi connectivity index (χ1n) is 9.59. The molecule has 5 atom stereocenters. The molecule has 0 radical (unpaired) electrons. The van der Waals surface area contributed by atoms with Gasteiger partial charge in [-0.1, -0.05) is 12.1 Å². The van der Waals surface area contributed by atoms with E-state index in [9.17, 15) is 20.1 Å². The van der Waals surface area contributed by atoms with Gasteiger partial charge < -0.3 is 30.7 Å². The number of nitrogens with zero attached hydrogens (tertiary/aromatic N) is 4. The number of likely N-dealkylation sites (N-methyl/N-ethyl adjacent to an activating group) is 1. The molecular weight excluding hydrogens is 555 g/mol. The number of nitrogens with one attached hydrogen (secondary N) is 2. The van der Waals surface area contributed by atoms with Crippen LogP contribution in [-0.4, -0.2) is 72.2 Å². The molecule has 0 saturated carbocycles. The molecule has 1 aromatic carbocycles. The van der Waals surface area contributed by atoms with Crippen molar-refractivity contribution < 1.29 is 24.9 Å². The number of aromatic nitrogens is 4. The first-order valence-corrected chi connectivity index (χ1v) is 11.1. The Bertz CT molecular complexity index is 1150. The zero-order valence-corrected chi connectivity index (χ0v) is 19.6. The standard InChI is InChI=1S/C19H20ClIN6O5/c1-22-17(31)13(30)14-11(28)12(29)18(32-14)27-7-24-10-15(25-19(20)26-16(10)27)23-6-8-3-2-4-9(21)5-8/h2-5,7,11-14,18,28-30H,6H2,1H3,(H,22,31)(H,23,25,26)/t11-,12+,13?,14-,18+/m0/s1. The van der Waals surface area contributed by atoms with Gasteiger partial charge in [-0.2, -0.15) is 9.97 Å². The van der Waals surface area contributed by atoms with Crippen LogP contribution < -0.4 is 10.6 Å². The lowest BCUT2D eigenvalue weighted by Gasteiger charge is -2.19. The van der Waals surface area contributed by atoms with E-state index in [1.165, 1.54) is 17.9 Å². The number of halogens is 2. The summed E-state index contributed by atoms with van der Waals surface area (Å²) in [5, 5.41) is 36.4. The first kappa shape index (κ1) is 23.1. The number of aliphatic hydroxyl groups is 3. The summed E-state index contributed by atoms with van der Waals surface area (Å²) in [4.78, 5) is 24.5. The van der Waals surface area contributed by atoms with E-state index < -0.39 is 36.6 Å². The van der Waals surface area contributed by atoms with Crippen molar-refractivity contribution in [2.45, 2.75) is 37.2 Å². The third-order valence-corrected chi connectivity index (χ3v) is 5.96. The Kier molecular flexibility index (Phi) is 6.78. The molecule has 2 aromatic heterocycles. The molecule has 0 spiro atoms. The van der Waals surface area contributed by atoms with Crippen molar-refractivity contribution in [2.75, 3.05) is 12.4 Å². The van der Waals surface area contributed by atoms with Gasteiger partial charge in [0, 0.05) is 17.2 Å². The fraction of sp³-hybridized carbons (Fsp3) is 0.368. The van der Waals surface area contributed by atoms with Crippen molar-refractivity contribution in [2.24, 2.45) is 0 Å². The van der Waals surface area contributed by atoms with Crippen LogP contribution in [-0.2, 0) is 16.1 Å². The second-order valence-corrected chi connectivity index (χ2v) is 8.76. The number of carbonyl (C=O) groups excluding carboxylic acids is 1. The number of anilines is 1. The van der Waals surface area contributed by atoms with Crippen molar-refractivity contribution in [1.82, 2.24) is 24.8 Å². The van der Waals surface area contributed by atoms with Crippen LogP contribution in [0.15, 0.2) is 30.6 Å². The van der Waals surface area contributed by atoms with Crippen LogP contribution in [0.25, 0.3) is 11.2 Å².